The molecule has 0 saturated carbocycles. The molecule has 0 aliphatic rings. The number of benzene rings is 3. The van der Waals surface area contributed by atoms with E-state index in [1.54, 1.807) is 54.6 Å². The average Bonchev–Trinajstić information content (AvgIpc) is 2.90. The van der Waals surface area contributed by atoms with Crippen molar-refractivity contribution in [3.63, 3.8) is 0 Å². The topological polar surface area (TPSA) is 151 Å². The van der Waals surface area contributed by atoms with Gasteiger partial charge in [-0.25, -0.2) is 13.9 Å². The van der Waals surface area contributed by atoms with Crippen molar-refractivity contribution in [3.05, 3.63) is 95.6 Å². The minimum absolute atomic E-state index is 0.173. The van der Waals surface area contributed by atoms with Crippen LogP contribution in [0, 0.1) is 23.7 Å². The van der Waals surface area contributed by atoms with Crippen molar-refractivity contribution < 1.29 is 23.2 Å². The third-order valence-corrected chi connectivity index (χ3v) is 6.18. The molecule has 9 nitrogen and oxygen atoms in total. The number of rotatable bonds is 7. The van der Waals surface area contributed by atoms with Crippen molar-refractivity contribution in [3.8, 4) is 23.7 Å². The number of nitrogens with two attached hydrogens (primary N) is 1. The second kappa shape index (κ2) is 12.2. The van der Waals surface area contributed by atoms with Crippen LogP contribution in [0.5, 0.6) is 0 Å². The van der Waals surface area contributed by atoms with Crippen molar-refractivity contribution in [2.45, 2.75) is 10.9 Å². The van der Waals surface area contributed by atoms with Crippen molar-refractivity contribution >= 4 is 27.5 Å². The van der Waals surface area contributed by atoms with Crippen LogP contribution >= 0.6 is 0 Å². The van der Waals surface area contributed by atoms with Crippen LogP contribution in [-0.4, -0.2) is 38.0 Å². The Morgan fingerprint density at radius 2 is 1.42 bits per heavy atom. The van der Waals surface area contributed by atoms with E-state index in [9.17, 15) is 18.0 Å². The second-order valence-electron chi connectivity index (χ2n) is 7.31. The van der Waals surface area contributed by atoms with Gasteiger partial charge in [-0.1, -0.05) is 30.0 Å². The molecular formula is C26H22N4O5S. The molecule has 182 valence electrons. The molecule has 0 bridgehead atoms. The first-order chi connectivity index (χ1) is 17.3. The summed E-state index contributed by atoms with van der Waals surface area (Å²) in [6.07, 6.45) is 0. The minimum Gasteiger partial charge on any atom is -0.339 e. The third kappa shape index (κ3) is 7.19. The van der Waals surface area contributed by atoms with Crippen LogP contribution in [0.15, 0.2) is 83.8 Å². The summed E-state index contributed by atoms with van der Waals surface area (Å²) in [7, 11) is -3.67. The smallest absolute Gasteiger partial charge is 0.267 e. The van der Waals surface area contributed by atoms with Gasteiger partial charge >= 0.3 is 0 Å². The van der Waals surface area contributed by atoms with Crippen LogP contribution in [0.2, 0.25) is 0 Å². The lowest BCUT2D eigenvalue weighted by atomic mass is 10.1. The Hall–Kier alpha value is -4.61. The van der Waals surface area contributed by atoms with Gasteiger partial charge in [-0.2, -0.15) is 0 Å². The SMILES string of the molecule is NC[C@H](NC(=O)c1ccc(C#CC#Cc2ccc(NS(=O)(=O)c3ccccc3)cc2)cc1)C(=O)NO. The van der Waals surface area contributed by atoms with E-state index in [2.05, 4.69) is 33.7 Å². The molecule has 6 N–H and O–H groups in total. The first-order valence-corrected chi connectivity index (χ1v) is 12.1. The Kier molecular flexibility index (Phi) is 8.81. The zero-order chi connectivity index (χ0) is 26.0. The van der Waals surface area contributed by atoms with Crippen molar-refractivity contribution in [1.82, 2.24) is 10.8 Å². The molecular weight excluding hydrogens is 480 g/mol. The van der Waals surface area contributed by atoms with Crippen LogP contribution in [0.25, 0.3) is 0 Å². The summed E-state index contributed by atoms with van der Waals surface area (Å²) in [6.45, 7) is -0.174. The molecule has 2 amide bonds. The summed E-state index contributed by atoms with van der Waals surface area (Å²) in [5.41, 5.74) is 8.84. The van der Waals surface area contributed by atoms with Crippen molar-refractivity contribution in [2.75, 3.05) is 11.3 Å². The van der Waals surface area contributed by atoms with E-state index in [1.807, 2.05) is 0 Å². The molecule has 0 radical (unpaired) electrons. The van der Waals surface area contributed by atoms with Gasteiger partial charge in [0.1, 0.15) is 6.04 Å². The highest BCUT2D eigenvalue weighted by Crippen LogP contribution is 2.16. The van der Waals surface area contributed by atoms with E-state index in [1.165, 1.54) is 29.7 Å². The summed E-state index contributed by atoms with van der Waals surface area (Å²) < 4.78 is 27.3. The fourth-order valence-electron chi connectivity index (χ4n) is 2.90. The number of carbonyl (C=O) groups excluding carboxylic acids is 2. The minimum atomic E-state index is -3.67. The number of nitrogens with one attached hydrogen (secondary N) is 3. The molecule has 36 heavy (non-hydrogen) atoms. The van der Waals surface area contributed by atoms with Gasteiger partial charge in [0.05, 0.1) is 4.90 Å². The van der Waals surface area contributed by atoms with Crippen LogP contribution in [0.4, 0.5) is 5.69 Å². The van der Waals surface area contributed by atoms with Crippen LogP contribution < -0.4 is 21.3 Å². The van der Waals surface area contributed by atoms with Gasteiger partial charge in [0.25, 0.3) is 21.8 Å². The molecule has 1 atom stereocenters. The number of sulfonamides is 1. The number of amides is 2. The number of anilines is 1. The number of carbonyl (C=O) groups is 2. The summed E-state index contributed by atoms with van der Waals surface area (Å²) in [4.78, 5) is 23.8. The molecule has 0 fully saturated rings. The maximum Gasteiger partial charge on any atom is 0.267 e. The quantitative estimate of drug-likeness (QED) is 0.187. The van der Waals surface area contributed by atoms with Crippen molar-refractivity contribution in [2.24, 2.45) is 5.73 Å². The normalized spacial score (nSPS) is 11.1. The van der Waals surface area contributed by atoms with Gasteiger partial charge < -0.3 is 11.1 Å². The Balaban J connectivity index is 1.59. The maximum atomic E-state index is 12.4. The molecule has 0 saturated heterocycles. The monoisotopic (exact) mass is 502 g/mol. The molecule has 0 spiro atoms. The van der Waals surface area contributed by atoms with Gasteiger partial charge in [0.15, 0.2) is 0 Å². The van der Waals surface area contributed by atoms with Crippen LogP contribution in [0.1, 0.15) is 21.5 Å². The lowest BCUT2D eigenvalue weighted by Crippen LogP contribution is -2.50. The van der Waals surface area contributed by atoms with Gasteiger partial charge in [0.2, 0.25) is 0 Å². The summed E-state index contributed by atoms with van der Waals surface area (Å²) >= 11 is 0. The fraction of sp³-hybridized carbons (Fsp3) is 0.0769. The highest BCUT2D eigenvalue weighted by Gasteiger charge is 2.19. The van der Waals surface area contributed by atoms with Gasteiger partial charge in [0, 0.05) is 28.9 Å². The van der Waals surface area contributed by atoms with E-state index < -0.39 is 27.9 Å². The summed E-state index contributed by atoms with van der Waals surface area (Å²) in [5, 5.41) is 11.1. The van der Waals surface area contributed by atoms with Crippen LogP contribution in [0.3, 0.4) is 0 Å². The molecule has 3 aromatic carbocycles. The largest absolute Gasteiger partial charge is 0.339 e. The number of hydrogen-bond acceptors (Lipinski definition) is 6. The molecule has 3 rings (SSSR count). The lowest BCUT2D eigenvalue weighted by Gasteiger charge is -2.14. The predicted molar refractivity (Wildman–Crippen MR) is 134 cm³/mol. The Labute approximate surface area is 208 Å². The zero-order valence-corrected chi connectivity index (χ0v) is 19.7. The summed E-state index contributed by atoms with van der Waals surface area (Å²) in [6, 6.07) is 19.9. The number of hydrogen-bond donors (Lipinski definition) is 5. The highest BCUT2D eigenvalue weighted by atomic mass is 32.2. The molecule has 0 aliphatic carbocycles. The maximum absolute atomic E-state index is 12.4. The Morgan fingerprint density at radius 3 is 1.94 bits per heavy atom. The first-order valence-electron chi connectivity index (χ1n) is 10.6. The molecule has 0 heterocycles. The van der Waals surface area contributed by atoms with Gasteiger partial charge in [-0.3, -0.25) is 19.5 Å². The first kappa shape index (κ1) is 26.0. The van der Waals surface area contributed by atoms with E-state index >= 15 is 0 Å². The molecule has 3 aromatic rings. The van der Waals surface area contributed by atoms with Gasteiger partial charge in [-0.15, -0.1) is 0 Å². The van der Waals surface area contributed by atoms with E-state index in [0.717, 1.165) is 0 Å². The van der Waals surface area contributed by atoms with E-state index in [-0.39, 0.29) is 11.4 Å². The number of hydroxylamine groups is 1. The van der Waals surface area contributed by atoms with Gasteiger partial charge in [-0.05, 0) is 72.5 Å². The Bertz CT molecular complexity index is 1450. The second-order valence-corrected chi connectivity index (χ2v) is 8.99. The Morgan fingerprint density at radius 1 is 0.861 bits per heavy atom. The molecule has 0 aliphatic heterocycles. The van der Waals surface area contributed by atoms with Crippen LogP contribution in [-0.2, 0) is 14.8 Å². The van der Waals surface area contributed by atoms with Crippen molar-refractivity contribution in [1.29, 1.82) is 0 Å². The molecule has 10 heteroatoms. The van der Waals surface area contributed by atoms with E-state index in [0.29, 0.717) is 22.4 Å². The fourth-order valence-corrected chi connectivity index (χ4v) is 3.98. The lowest BCUT2D eigenvalue weighted by molar-refractivity contribution is -0.130. The standard InChI is InChI=1S/C26H22N4O5S/c27-18-24(26(32)29-33)28-25(31)21-14-10-19(11-15-21)6-4-5-7-20-12-16-22(17-13-20)30-36(34,35)23-8-2-1-3-9-23/h1-3,8-17,24,30,33H,18,27H2,(H,28,31)(H,29,32)/t24-/m0/s1. The summed E-state index contributed by atoms with van der Waals surface area (Å²) in [5.74, 6) is 9.84. The third-order valence-electron chi connectivity index (χ3n) is 4.78. The highest BCUT2D eigenvalue weighted by molar-refractivity contribution is 7.92. The average molecular weight is 503 g/mol. The molecule has 0 aromatic heterocycles. The zero-order valence-electron chi connectivity index (χ0n) is 18.9. The molecule has 0 unspecified atom stereocenters. The van der Waals surface area contributed by atoms with E-state index in [4.69, 9.17) is 10.9 Å². The predicted octanol–water partition coefficient (Wildman–Crippen LogP) is 1.45.